The van der Waals surface area contributed by atoms with Crippen LogP contribution < -0.4 is 23.9 Å². The molecule has 218 valence electrons. The number of sulfonamides is 1. The van der Waals surface area contributed by atoms with Crippen LogP contribution in [0.2, 0.25) is 5.02 Å². The number of carbonyl (C=O) groups is 1. The highest BCUT2D eigenvalue weighted by Gasteiger charge is 2.27. The molecule has 0 unspecified atom stereocenters. The van der Waals surface area contributed by atoms with E-state index in [-0.39, 0.29) is 4.90 Å². The molecule has 42 heavy (non-hydrogen) atoms. The van der Waals surface area contributed by atoms with E-state index in [9.17, 15) is 13.2 Å². The van der Waals surface area contributed by atoms with Crippen LogP contribution in [0.3, 0.4) is 0 Å². The Balaban J connectivity index is 1.46. The summed E-state index contributed by atoms with van der Waals surface area (Å²) in [6, 6.07) is 26.9. The van der Waals surface area contributed by atoms with E-state index in [1.165, 1.54) is 25.5 Å². The normalized spacial score (nSPS) is 11.2. The molecule has 4 rings (SSSR count). The highest BCUT2D eigenvalue weighted by molar-refractivity contribution is 7.92. The van der Waals surface area contributed by atoms with Crippen LogP contribution in [0.25, 0.3) is 0 Å². The molecule has 9 nitrogen and oxygen atoms in total. The van der Waals surface area contributed by atoms with Gasteiger partial charge in [-0.3, -0.25) is 9.10 Å². The molecule has 0 aromatic heterocycles. The van der Waals surface area contributed by atoms with Gasteiger partial charge in [0.2, 0.25) is 0 Å². The molecule has 0 aliphatic rings. The zero-order valence-electron chi connectivity index (χ0n) is 23.1. The molecule has 4 aromatic rings. The first kappa shape index (κ1) is 30.4. The van der Waals surface area contributed by atoms with Gasteiger partial charge in [0.05, 0.1) is 30.5 Å². The summed E-state index contributed by atoms with van der Waals surface area (Å²) in [5, 5.41) is 4.68. The maximum atomic E-state index is 13.5. The maximum absolute atomic E-state index is 13.5. The zero-order valence-corrected chi connectivity index (χ0v) is 24.6. The number of ether oxygens (including phenoxy) is 3. The third kappa shape index (κ3) is 8.02. The van der Waals surface area contributed by atoms with Crippen molar-refractivity contribution in [2.75, 3.05) is 24.6 Å². The van der Waals surface area contributed by atoms with Gasteiger partial charge in [0.1, 0.15) is 18.9 Å². The summed E-state index contributed by atoms with van der Waals surface area (Å²) in [7, 11) is -2.54. The first-order chi connectivity index (χ1) is 20.3. The topological polar surface area (TPSA) is 107 Å². The third-order valence-corrected chi connectivity index (χ3v) is 8.00. The molecule has 0 spiro atoms. The average Bonchev–Trinajstić information content (AvgIpc) is 3.01. The van der Waals surface area contributed by atoms with Crippen molar-refractivity contribution in [1.29, 1.82) is 0 Å². The van der Waals surface area contributed by atoms with Crippen molar-refractivity contribution in [3.63, 3.8) is 0 Å². The smallest absolute Gasteiger partial charge is 0.264 e. The number of nitrogens with zero attached hydrogens (tertiary/aromatic N) is 2. The Kier molecular flexibility index (Phi) is 10.4. The van der Waals surface area contributed by atoms with Gasteiger partial charge in [-0.2, -0.15) is 5.10 Å². The van der Waals surface area contributed by atoms with E-state index >= 15 is 0 Å². The Hall–Kier alpha value is -4.54. The summed E-state index contributed by atoms with van der Waals surface area (Å²) in [4.78, 5) is 12.9. The molecule has 0 aliphatic heterocycles. The fourth-order valence-corrected chi connectivity index (χ4v) is 5.43. The number of hydrogen-bond acceptors (Lipinski definition) is 7. The number of hydrogen-bond donors (Lipinski definition) is 1. The number of rotatable bonds is 13. The van der Waals surface area contributed by atoms with Crippen molar-refractivity contribution in [3.8, 4) is 17.2 Å². The highest BCUT2D eigenvalue weighted by atomic mass is 35.5. The standard InChI is InChI=1S/C31H30ClN3O6S/c1-3-40-30-19-24(11-18-29(30)41-22-23-9-12-25(32)13-10-23)20-33-34-31(36)21-35(26-14-16-27(39-2)17-15-26)42(37,38)28-7-5-4-6-8-28/h4-20H,3,21-22H2,1-2H3,(H,34,36)/b33-20-. The molecule has 0 heterocycles. The Morgan fingerprint density at radius 2 is 1.64 bits per heavy atom. The molecule has 0 atom stereocenters. The second-order valence-electron chi connectivity index (χ2n) is 8.87. The summed E-state index contributed by atoms with van der Waals surface area (Å²) in [5.74, 6) is 0.989. The summed E-state index contributed by atoms with van der Waals surface area (Å²) in [6.07, 6.45) is 1.44. The van der Waals surface area contributed by atoms with Crippen LogP contribution in [0.1, 0.15) is 18.1 Å². The SMILES string of the molecule is CCOc1cc(/C=N\NC(=O)CN(c2ccc(OC)cc2)S(=O)(=O)c2ccccc2)ccc1OCc1ccc(Cl)cc1. The number of halogens is 1. The minimum Gasteiger partial charge on any atom is -0.497 e. The lowest BCUT2D eigenvalue weighted by atomic mass is 10.2. The van der Waals surface area contributed by atoms with E-state index in [2.05, 4.69) is 10.5 Å². The molecule has 0 aliphatic carbocycles. The number of carbonyl (C=O) groups excluding carboxylic acids is 1. The van der Waals surface area contributed by atoms with Crippen LogP contribution in [0.15, 0.2) is 107 Å². The van der Waals surface area contributed by atoms with Crippen molar-refractivity contribution in [3.05, 3.63) is 113 Å². The van der Waals surface area contributed by atoms with Crippen LogP contribution in [0, 0.1) is 0 Å². The van der Waals surface area contributed by atoms with Gasteiger partial charge in [0, 0.05) is 5.02 Å². The van der Waals surface area contributed by atoms with Crippen LogP contribution >= 0.6 is 11.6 Å². The van der Waals surface area contributed by atoms with Gasteiger partial charge in [-0.1, -0.05) is 41.9 Å². The van der Waals surface area contributed by atoms with E-state index in [1.54, 1.807) is 72.8 Å². The fraction of sp³-hybridized carbons (Fsp3) is 0.161. The first-order valence-electron chi connectivity index (χ1n) is 13.0. The number of anilines is 1. The Morgan fingerprint density at radius 1 is 0.929 bits per heavy atom. The first-order valence-corrected chi connectivity index (χ1v) is 14.8. The molecular weight excluding hydrogens is 578 g/mol. The van der Waals surface area contributed by atoms with Crippen LogP contribution in [0.4, 0.5) is 5.69 Å². The van der Waals surface area contributed by atoms with Gasteiger partial charge in [-0.15, -0.1) is 0 Å². The lowest BCUT2D eigenvalue weighted by Gasteiger charge is -2.23. The third-order valence-electron chi connectivity index (χ3n) is 5.96. The molecule has 1 amide bonds. The van der Waals surface area contributed by atoms with Crippen LogP contribution in [-0.2, 0) is 21.4 Å². The summed E-state index contributed by atoms with van der Waals surface area (Å²) >= 11 is 5.95. The van der Waals surface area contributed by atoms with Crippen molar-refractivity contribution in [2.45, 2.75) is 18.4 Å². The lowest BCUT2D eigenvalue weighted by Crippen LogP contribution is -2.39. The molecule has 0 radical (unpaired) electrons. The maximum Gasteiger partial charge on any atom is 0.264 e. The van der Waals surface area contributed by atoms with Gasteiger partial charge in [0.15, 0.2) is 11.5 Å². The monoisotopic (exact) mass is 607 g/mol. The average molecular weight is 608 g/mol. The summed E-state index contributed by atoms with van der Waals surface area (Å²) < 4.78 is 44.8. The minimum absolute atomic E-state index is 0.0546. The van der Waals surface area contributed by atoms with Crippen molar-refractivity contribution in [2.24, 2.45) is 5.10 Å². The summed E-state index contributed by atoms with van der Waals surface area (Å²) in [6.45, 7) is 2.12. The summed E-state index contributed by atoms with van der Waals surface area (Å²) in [5.41, 5.74) is 4.30. The second-order valence-corrected chi connectivity index (χ2v) is 11.2. The Morgan fingerprint density at radius 3 is 2.31 bits per heavy atom. The molecule has 0 bridgehead atoms. The van der Waals surface area contributed by atoms with Crippen LogP contribution in [-0.4, -0.2) is 40.8 Å². The number of amides is 1. The quantitative estimate of drug-likeness (QED) is 0.155. The molecule has 0 saturated heterocycles. The van der Waals surface area contributed by atoms with Gasteiger partial charge in [-0.05, 0) is 84.8 Å². The second kappa shape index (κ2) is 14.4. The molecule has 11 heteroatoms. The van der Waals surface area contributed by atoms with E-state index in [4.69, 9.17) is 25.8 Å². The Bertz CT molecular complexity index is 1610. The zero-order chi connectivity index (χ0) is 30.0. The van der Waals surface area contributed by atoms with Crippen molar-refractivity contribution in [1.82, 2.24) is 5.43 Å². The van der Waals surface area contributed by atoms with E-state index in [0.717, 1.165) is 9.87 Å². The lowest BCUT2D eigenvalue weighted by molar-refractivity contribution is -0.119. The Labute approximate surface area is 250 Å². The van der Waals surface area contributed by atoms with Crippen molar-refractivity contribution < 1.29 is 27.4 Å². The highest BCUT2D eigenvalue weighted by Crippen LogP contribution is 2.29. The number of methoxy groups -OCH3 is 1. The molecular formula is C31H30ClN3O6S. The molecule has 1 N–H and O–H groups in total. The van der Waals surface area contributed by atoms with E-state index in [0.29, 0.717) is 46.7 Å². The van der Waals surface area contributed by atoms with Gasteiger partial charge >= 0.3 is 0 Å². The fourth-order valence-electron chi connectivity index (χ4n) is 3.86. The number of nitrogens with one attached hydrogen (secondary N) is 1. The van der Waals surface area contributed by atoms with Gasteiger partial charge < -0.3 is 14.2 Å². The molecule has 0 fully saturated rings. The largest absolute Gasteiger partial charge is 0.497 e. The minimum atomic E-state index is -4.05. The van der Waals surface area contributed by atoms with E-state index in [1.807, 2.05) is 19.1 Å². The predicted octanol–water partition coefficient (Wildman–Crippen LogP) is 5.67. The van der Waals surface area contributed by atoms with Gasteiger partial charge in [-0.25, -0.2) is 13.8 Å². The number of benzene rings is 4. The molecule has 4 aromatic carbocycles. The number of hydrazone groups is 1. The predicted molar refractivity (Wildman–Crippen MR) is 163 cm³/mol. The van der Waals surface area contributed by atoms with Crippen LogP contribution in [0.5, 0.6) is 17.2 Å². The van der Waals surface area contributed by atoms with Crippen molar-refractivity contribution >= 4 is 39.4 Å². The van der Waals surface area contributed by atoms with Gasteiger partial charge in [0.25, 0.3) is 15.9 Å². The molecule has 0 saturated carbocycles. The van der Waals surface area contributed by atoms with E-state index < -0.39 is 22.5 Å².